The fraction of sp³-hybridized carbons (Fsp3) is 0.500. The van der Waals surface area contributed by atoms with E-state index in [0.717, 1.165) is 25.3 Å². The van der Waals surface area contributed by atoms with Crippen LogP contribution in [-0.2, 0) is 4.79 Å². The van der Waals surface area contributed by atoms with Crippen LogP contribution in [0.25, 0.3) is 11.3 Å². The van der Waals surface area contributed by atoms with Gasteiger partial charge in [0.25, 0.3) is 5.91 Å². The Kier molecular flexibility index (Phi) is 6.44. The first kappa shape index (κ1) is 23.2. The molecule has 1 amide bonds. The van der Waals surface area contributed by atoms with E-state index in [1.807, 2.05) is 0 Å². The standard InChI is InChI=1S/C22H24F3N3O5/c1-11-3-2-4-17(11)27-6-5-18(13(10-27)22(30)31)28(32)21(29)16-9-19(33-26-16)20-14(24)7-12(23)8-15(20)25/h7-9,11,13,17-18,32H,2-6,10H2,1H3,(H,30,31)/t11-,13+,17-,18+/m1/s1. The minimum atomic E-state index is -1.25. The van der Waals surface area contributed by atoms with E-state index in [-0.39, 0.29) is 19.0 Å². The van der Waals surface area contributed by atoms with Crippen molar-refractivity contribution in [3.8, 4) is 11.3 Å². The van der Waals surface area contributed by atoms with Crippen LogP contribution < -0.4 is 0 Å². The number of likely N-dealkylation sites (tertiary alicyclic amines) is 1. The van der Waals surface area contributed by atoms with Gasteiger partial charge in [0.05, 0.1) is 17.5 Å². The summed E-state index contributed by atoms with van der Waals surface area (Å²) >= 11 is 0. The van der Waals surface area contributed by atoms with Gasteiger partial charge in [-0.2, -0.15) is 0 Å². The molecule has 0 spiro atoms. The molecular formula is C22H24F3N3O5. The molecule has 0 bridgehead atoms. The summed E-state index contributed by atoms with van der Waals surface area (Å²) in [5, 5.41) is 24.1. The van der Waals surface area contributed by atoms with Crippen molar-refractivity contribution in [1.29, 1.82) is 0 Å². The first-order chi connectivity index (χ1) is 15.7. The van der Waals surface area contributed by atoms with E-state index >= 15 is 0 Å². The largest absolute Gasteiger partial charge is 0.481 e. The van der Waals surface area contributed by atoms with Crippen LogP contribution in [0.4, 0.5) is 13.2 Å². The number of carbonyl (C=O) groups excluding carboxylic acids is 1. The van der Waals surface area contributed by atoms with Gasteiger partial charge in [-0.05, 0) is 25.2 Å². The van der Waals surface area contributed by atoms with Crippen molar-refractivity contribution in [2.45, 2.75) is 44.7 Å². The molecule has 2 heterocycles. The van der Waals surface area contributed by atoms with Crippen molar-refractivity contribution < 1.29 is 37.6 Å². The maximum Gasteiger partial charge on any atom is 0.310 e. The Morgan fingerprint density at radius 2 is 1.85 bits per heavy atom. The number of aromatic nitrogens is 1. The van der Waals surface area contributed by atoms with E-state index < -0.39 is 58.3 Å². The summed E-state index contributed by atoms with van der Waals surface area (Å²) in [6.45, 7) is 2.84. The summed E-state index contributed by atoms with van der Waals surface area (Å²) in [5.74, 6) is -6.87. The second kappa shape index (κ2) is 9.14. The van der Waals surface area contributed by atoms with Gasteiger partial charge in [-0.1, -0.05) is 18.5 Å². The Hall–Kier alpha value is -2.92. The van der Waals surface area contributed by atoms with Gasteiger partial charge in [-0.3, -0.25) is 19.7 Å². The second-order valence-electron chi connectivity index (χ2n) is 8.74. The van der Waals surface area contributed by atoms with Crippen LogP contribution in [0.3, 0.4) is 0 Å². The molecule has 1 aliphatic heterocycles. The molecular weight excluding hydrogens is 443 g/mol. The third-order valence-corrected chi connectivity index (χ3v) is 6.71. The summed E-state index contributed by atoms with van der Waals surface area (Å²) in [5.41, 5.74) is -1.18. The summed E-state index contributed by atoms with van der Waals surface area (Å²) in [6.07, 6.45) is 3.38. The van der Waals surface area contributed by atoms with Crippen LogP contribution in [0.2, 0.25) is 0 Å². The van der Waals surface area contributed by atoms with Gasteiger partial charge in [-0.25, -0.2) is 18.2 Å². The number of carbonyl (C=O) groups is 2. The number of carboxylic acids is 1. The highest BCUT2D eigenvalue weighted by Gasteiger charge is 2.43. The first-order valence-corrected chi connectivity index (χ1v) is 10.8. The molecule has 2 N–H and O–H groups in total. The number of nitrogens with zero attached hydrogens (tertiary/aromatic N) is 3. The minimum Gasteiger partial charge on any atom is -0.481 e. The van der Waals surface area contributed by atoms with Crippen LogP contribution in [0, 0.1) is 29.3 Å². The lowest BCUT2D eigenvalue weighted by Gasteiger charge is -2.42. The quantitative estimate of drug-likeness (QED) is 0.512. The van der Waals surface area contributed by atoms with Crippen molar-refractivity contribution in [2.75, 3.05) is 13.1 Å². The lowest BCUT2D eigenvalue weighted by atomic mass is 9.89. The molecule has 178 valence electrons. The lowest BCUT2D eigenvalue weighted by molar-refractivity contribution is -0.160. The van der Waals surface area contributed by atoms with E-state index in [0.29, 0.717) is 29.7 Å². The average molecular weight is 467 g/mol. The highest BCUT2D eigenvalue weighted by atomic mass is 19.1. The molecule has 2 aromatic rings. The number of halogens is 3. The Balaban J connectivity index is 1.52. The number of benzene rings is 1. The van der Waals surface area contributed by atoms with Crippen LogP contribution in [0.5, 0.6) is 0 Å². The van der Waals surface area contributed by atoms with Gasteiger partial charge in [0, 0.05) is 37.3 Å². The number of hydroxylamine groups is 2. The molecule has 1 aromatic carbocycles. The van der Waals surface area contributed by atoms with Crippen molar-refractivity contribution in [2.24, 2.45) is 11.8 Å². The molecule has 1 aliphatic carbocycles. The fourth-order valence-corrected chi connectivity index (χ4v) is 5.01. The molecule has 33 heavy (non-hydrogen) atoms. The monoisotopic (exact) mass is 467 g/mol. The summed E-state index contributed by atoms with van der Waals surface area (Å²) in [6, 6.07) is 1.08. The topological polar surface area (TPSA) is 107 Å². The Bertz CT molecular complexity index is 1040. The zero-order valence-electron chi connectivity index (χ0n) is 17.9. The van der Waals surface area contributed by atoms with Crippen LogP contribution in [-0.4, -0.2) is 62.5 Å². The van der Waals surface area contributed by atoms with Gasteiger partial charge in [0.2, 0.25) is 0 Å². The van der Waals surface area contributed by atoms with Crippen LogP contribution in [0.1, 0.15) is 43.1 Å². The molecule has 4 atom stereocenters. The molecule has 1 aromatic heterocycles. The Morgan fingerprint density at radius 1 is 1.15 bits per heavy atom. The number of hydrogen-bond donors (Lipinski definition) is 2. The van der Waals surface area contributed by atoms with E-state index in [4.69, 9.17) is 4.52 Å². The molecule has 0 unspecified atom stereocenters. The molecule has 1 saturated heterocycles. The Labute approximate surface area is 187 Å². The third-order valence-electron chi connectivity index (χ3n) is 6.71. The molecule has 0 radical (unpaired) electrons. The maximum absolute atomic E-state index is 14.0. The lowest BCUT2D eigenvalue weighted by Crippen LogP contribution is -2.56. The van der Waals surface area contributed by atoms with Crippen LogP contribution in [0.15, 0.2) is 22.7 Å². The van der Waals surface area contributed by atoms with Crippen molar-refractivity contribution >= 4 is 11.9 Å². The number of piperidine rings is 1. The summed E-state index contributed by atoms with van der Waals surface area (Å²) in [7, 11) is 0. The molecule has 2 fully saturated rings. The zero-order chi connectivity index (χ0) is 23.9. The van der Waals surface area contributed by atoms with E-state index in [1.54, 1.807) is 0 Å². The van der Waals surface area contributed by atoms with Gasteiger partial charge < -0.3 is 9.63 Å². The minimum absolute atomic E-state index is 0.190. The fourth-order valence-electron chi connectivity index (χ4n) is 5.01. The highest BCUT2D eigenvalue weighted by molar-refractivity contribution is 5.93. The summed E-state index contributed by atoms with van der Waals surface area (Å²) < 4.78 is 46.0. The van der Waals surface area contributed by atoms with Crippen LogP contribution >= 0.6 is 0 Å². The van der Waals surface area contributed by atoms with Crippen molar-refractivity contribution in [3.05, 3.63) is 41.3 Å². The summed E-state index contributed by atoms with van der Waals surface area (Å²) in [4.78, 5) is 26.8. The smallest absolute Gasteiger partial charge is 0.310 e. The van der Waals surface area contributed by atoms with E-state index in [1.165, 1.54) is 0 Å². The highest BCUT2D eigenvalue weighted by Crippen LogP contribution is 2.34. The van der Waals surface area contributed by atoms with Gasteiger partial charge in [-0.15, -0.1) is 0 Å². The predicted octanol–water partition coefficient (Wildman–Crippen LogP) is 3.55. The number of hydrogen-bond acceptors (Lipinski definition) is 6. The maximum atomic E-state index is 14.0. The normalized spacial score (nSPS) is 25.8. The zero-order valence-corrected chi connectivity index (χ0v) is 17.9. The van der Waals surface area contributed by atoms with Crippen molar-refractivity contribution in [1.82, 2.24) is 15.1 Å². The molecule has 2 aliphatic rings. The third kappa shape index (κ3) is 4.47. The van der Waals surface area contributed by atoms with Gasteiger partial charge >= 0.3 is 5.97 Å². The SMILES string of the molecule is C[C@@H]1CCC[C@H]1N1CC[C@H](N(O)C(=O)c2cc(-c3c(F)cc(F)cc3F)on2)[C@@H](C(=O)O)C1. The average Bonchev–Trinajstić information content (AvgIpc) is 3.41. The van der Waals surface area contributed by atoms with Crippen molar-refractivity contribution in [3.63, 3.8) is 0 Å². The van der Waals surface area contributed by atoms with E-state index in [2.05, 4.69) is 17.0 Å². The first-order valence-electron chi connectivity index (χ1n) is 10.8. The van der Waals surface area contributed by atoms with Gasteiger partial charge in [0.1, 0.15) is 17.5 Å². The Morgan fingerprint density at radius 3 is 2.45 bits per heavy atom. The number of carboxylic acid groups (broad SMARTS) is 1. The predicted molar refractivity (Wildman–Crippen MR) is 108 cm³/mol. The number of rotatable bonds is 5. The number of aliphatic carboxylic acids is 1. The molecule has 1 saturated carbocycles. The second-order valence-corrected chi connectivity index (χ2v) is 8.74. The van der Waals surface area contributed by atoms with E-state index in [9.17, 15) is 33.1 Å². The van der Waals surface area contributed by atoms with Gasteiger partial charge in [0.15, 0.2) is 11.5 Å². The molecule has 4 rings (SSSR count). The molecule has 8 nitrogen and oxygen atoms in total. The molecule has 11 heteroatoms. The number of amides is 1.